The summed E-state index contributed by atoms with van der Waals surface area (Å²) in [6.07, 6.45) is 3.71. The summed E-state index contributed by atoms with van der Waals surface area (Å²) in [5.74, 6) is 0.624. The second kappa shape index (κ2) is 6.35. The molecule has 1 N–H and O–H groups in total. The fourth-order valence-electron chi connectivity index (χ4n) is 2.77. The van der Waals surface area contributed by atoms with Gasteiger partial charge in [0.05, 0.1) is 12.6 Å². The van der Waals surface area contributed by atoms with Crippen LogP contribution in [0.25, 0.3) is 0 Å². The summed E-state index contributed by atoms with van der Waals surface area (Å²) < 4.78 is 0. The third kappa shape index (κ3) is 2.93. The molecule has 0 bridgehead atoms. The van der Waals surface area contributed by atoms with Crippen molar-refractivity contribution in [3.63, 3.8) is 0 Å². The minimum Gasteiger partial charge on any atom is -0.394 e. The van der Waals surface area contributed by atoms with Gasteiger partial charge in [-0.3, -0.25) is 4.90 Å². The van der Waals surface area contributed by atoms with E-state index >= 15 is 0 Å². The Balaban J connectivity index is 2.11. The van der Waals surface area contributed by atoms with Gasteiger partial charge in [0.25, 0.3) is 0 Å². The van der Waals surface area contributed by atoms with Crippen molar-refractivity contribution in [3.05, 3.63) is 35.4 Å². The van der Waals surface area contributed by atoms with Crippen LogP contribution in [0.15, 0.2) is 24.3 Å². The van der Waals surface area contributed by atoms with E-state index in [-0.39, 0.29) is 12.6 Å². The SMILES string of the molecule is CCC(C)c1ccc(C(CO)N2CCCC2)cc1. The fraction of sp³-hybridized carbons (Fsp3) is 0.625. The second-order valence-electron chi connectivity index (χ2n) is 5.42. The van der Waals surface area contributed by atoms with Gasteiger partial charge in [0.1, 0.15) is 0 Å². The summed E-state index contributed by atoms with van der Waals surface area (Å²) in [5, 5.41) is 9.62. The highest BCUT2D eigenvalue weighted by Crippen LogP contribution is 2.26. The highest BCUT2D eigenvalue weighted by molar-refractivity contribution is 5.27. The first-order valence-corrected chi connectivity index (χ1v) is 7.21. The van der Waals surface area contributed by atoms with E-state index in [9.17, 15) is 5.11 Å². The molecular weight excluding hydrogens is 222 g/mol. The lowest BCUT2D eigenvalue weighted by atomic mass is 9.96. The normalized spacial score (nSPS) is 19.9. The van der Waals surface area contributed by atoms with Gasteiger partial charge in [-0.15, -0.1) is 0 Å². The summed E-state index contributed by atoms with van der Waals surface area (Å²) in [6.45, 7) is 6.96. The van der Waals surface area contributed by atoms with Crippen LogP contribution in [0.3, 0.4) is 0 Å². The molecule has 2 unspecified atom stereocenters. The molecule has 1 aliphatic rings. The lowest BCUT2D eigenvalue weighted by Crippen LogP contribution is -2.28. The van der Waals surface area contributed by atoms with Crippen LogP contribution in [-0.2, 0) is 0 Å². The summed E-state index contributed by atoms with van der Waals surface area (Å²) in [4.78, 5) is 2.40. The van der Waals surface area contributed by atoms with E-state index in [2.05, 4.69) is 43.0 Å². The summed E-state index contributed by atoms with van der Waals surface area (Å²) >= 11 is 0. The van der Waals surface area contributed by atoms with Crippen LogP contribution >= 0.6 is 0 Å². The van der Waals surface area contributed by atoms with Crippen molar-refractivity contribution in [2.24, 2.45) is 0 Å². The van der Waals surface area contributed by atoms with Crippen LogP contribution < -0.4 is 0 Å². The van der Waals surface area contributed by atoms with Gasteiger partial charge in [-0.1, -0.05) is 38.1 Å². The summed E-state index contributed by atoms with van der Waals surface area (Å²) in [7, 11) is 0. The van der Waals surface area contributed by atoms with Gasteiger partial charge in [0, 0.05) is 0 Å². The molecule has 1 aromatic carbocycles. The van der Waals surface area contributed by atoms with Crippen molar-refractivity contribution < 1.29 is 5.11 Å². The number of aliphatic hydroxyl groups is 1. The zero-order valence-electron chi connectivity index (χ0n) is 11.6. The Labute approximate surface area is 111 Å². The van der Waals surface area contributed by atoms with E-state index < -0.39 is 0 Å². The summed E-state index contributed by atoms with van der Waals surface area (Å²) in [5.41, 5.74) is 2.66. The number of hydrogen-bond acceptors (Lipinski definition) is 2. The van der Waals surface area contributed by atoms with E-state index in [0.717, 1.165) is 13.1 Å². The van der Waals surface area contributed by atoms with Crippen molar-refractivity contribution in [1.82, 2.24) is 4.90 Å². The van der Waals surface area contributed by atoms with Gasteiger partial charge in [0.2, 0.25) is 0 Å². The van der Waals surface area contributed by atoms with Crippen LogP contribution in [0.4, 0.5) is 0 Å². The van der Waals surface area contributed by atoms with Crippen LogP contribution in [0.2, 0.25) is 0 Å². The van der Waals surface area contributed by atoms with E-state index in [0.29, 0.717) is 5.92 Å². The molecule has 1 heterocycles. The molecule has 0 amide bonds. The Bertz CT molecular complexity index is 354. The van der Waals surface area contributed by atoms with E-state index in [4.69, 9.17) is 0 Å². The molecule has 2 rings (SSSR count). The van der Waals surface area contributed by atoms with Crippen molar-refractivity contribution in [3.8, 4) is 0 Å². The van der Waals surface area contributed by atoms with Crippen molar-refractivity contribution in [1.29, 1.82) is 0 Å². The smallest absolute Gasteiger partial charge is 0.0628 e. The van der Waals surface area contributed by atoms with Gasteiger partial charge < -0.3 is 5.11 Å². The maximum absolute atomic E-state index is 9.62. The number of benzene rings is 1. The van der Waals surface area contributed by atoms with Gasteiger partial charge in [-0.05, 0) is 49.4 Å². The Kier molecular flexibility index (Phi) is 4.79. The first-order chi connectivity index (χ1) is 8.76. The highest BCUT2D eigenvalue weighted by Gasteiger charge is 2.22. The van der Waals surface area contributed by atoms with E-state index in [1.54, 1.807) is 0 Å². The van der Waals surface area contributed by atoms with Gasteiger partial charge in [0.15, 0.2) is 0 Å². The Morgan fingerprint density at radius 3 is 2.17 bits per heavy atom. The van der Waals surface area contributed by atoms with Crippen LogP contribution in [-0.4, -0.2) is 29.7 Å². The first kappa shape index (κ1) is 13.6. The third-order valence-corrected chi connectivity index (χ3v) is 4.26. The Morgan fingerprint density at radius 2 is 1.67 bits per heavy atom. The van der Waals surface area contributed by atoms with E-state index in [1.165, 1.54) is 30.4 Å². The van der Waals surface area contributed by atoms with Gasteiger partial charge in [-0.25, -0.2) is 0 Å². The minimum atomic E-state index is 0.193. The maximum Gasteiger partial charge on any atom is 0.0628 e. The average Bonchev–Trinajstić information content (AvgIpc) is 2.93. The predicted octanol–water partition coefficient (Wildman–Crippen LogP) is 3.33. The van der Waals surface area contributed by atoms with Crippen LogP contribution in [0, 0.1) is 0 Å². The average molecular weight is 247 g/mol. The molecule has 1 aromatic rings. The molecule has 2 atom stereocenters. The quantitative estimate of drug-likeness (QED) is 0.862. The molecule has 2 heteroatoms. The van der Waals surface area contributed by atoms with Crippen LogP contribution in [0.1, 0.15) is 56.2 Å². The molecule has 1 fully saturated rings. The lowest BCUT2D eigenvalue weighted by molar-refractivity contribution is 0.147. The molecule has 0 aliphatic carbocycles. The molecule has 0 radical (unpaired) electrons. The summed E-state index contributed by atoms with van der Waals surface area (Å²) in [6, 6.07) is 9.03. The van der Waals surface area contributed by atoms with Gasteiger partial charge >= 0.3 is 0 Å². The number of aliphatic hydroxyl groups excluding tert-OH is 1. The predicted molar refractivity (Wildman–Crippen MR) is 75.8 cm³/mol. The van der Waals surface area contributed by atoms with Crippen LogP contribution in [0.5, 0.6) is 0 Å². The minimum absolute atomic E-state index is 0.193. The third-order valence-electron chi connectivity index (χ3n) is 4.26. The number of hydrogen-bond donors (Lipinski definition) is 1. The molecule has 1 aliphatic heterocycles. The van der Waals surface area contributed by atoms with Gasteiger partial charge in [-0.2, -0.15) is 0 Å². The first-order valence-electron chi connectivity index (χ1n) is 7.21. The lowest BCUT2D eigenvalue weighted by Gasteiger charge is -2.26. The number of likely N-dealkylation sites (tertiary alicyclic amines) is 1. The van der Waals surface area contributed by atoms with Crippen molar-refractivity contribution >= 4 is 0 Å². The maximum atomic E-state index is 9.62. The van der Waals surface area contributed by atoms with Crippen molar-refractivity contribution in [2.75, 3.05) is 19.7 Å². The number of nitrogens with zero attached hydrogens (tertiary/aromatic N) is 1. The molecule has 0 spiro atoms. The Morgan fingerprint density at radius 1 is 1.11 bits per heavy atom. The molecule has 18 heavy (non-hydrogen) atoms. The second-order valence-corrected chi connectivity index (χ2v) is 5.42. The highest BCUT2D eigenvalue weighted by atomic mass is 16.3. The standard InChI is InChI=1S/C16H25NO/c1-3-13(2)14-6-8-15(9-7-14)16(12-18)17-10-4-5-11-17/h6-9,13,16,18H,3-5,10-12H2,1-2H3. The molecular formula is C16H25NO. The zero-order chi connectivity index (χ0) is 13.0. The zero-order valence-corrected chi connectivity index (χ0v) is 11.6. The molecule has 0 aromatic heterocycles. The van der Waals surface area contributed by atoms with E-state index in [1.807, 2.05) is 0 Å². The molecule has 100 valence electrons. The monoisotopic (exact) mass is 247 g/mol. The molecule has 2 nitrogen and oxygen atoms in total. The largest absolute Gasteiger partial charge is 0.394 e. The Hall–Kier alpha value is -0.860. The van der Waals surface area contributed by atoms with Crippen molar-refractivity contribution in [2.45, 2.75) is 45.1 Å². The fourth-order valence-corrected chi connectivity index (χ4v) is 2.77. The topological polar surface area (TPSA) is 23.5 Å². The molecule has 1 saturated heterocycles. The number of rotatable bonds is 5. The molecule has 0 saturated carbocycles.